The fourth-order valence-electron chi connectivity index (χ4n) is 7.47. The maximum Gasteiger partial charge on any atom is 0.410 e. The van der Waals surface area contributed by atoms with Gasteiger partial charge in [0.15, 0.2) is 11.5 Å². The van der Waals surface area contributed by atoms with Crippen LogP contribution in [0.5, 0.6) is 0 Å². The van der Waals surface area contributed by atoms with Gasteiger partial charge in [0.05, 0.1) is 11.0 Å². The maximum absolute atomic E-state index is 14.0. The van der Waals surface area contributed by atoms with E-state index in [1.54, 1.807) is 73.9 Å². The van der Waals surface area contributed by atoms with Gasteiger partial charge in [-0.1, -0.05) is 30.3 Å². The number of carbonyl (C=O) groups is 5. The van der Waals surface area contributed by atoms with Gasteiger partial charge in [-0.05, 0) is 105 Å². The molecule has 0 aromatic heterocycles. The Morgan fingerprint density at radius 2 is 1.16 bits per heavy atom. The van der Waals surface area contributed by atoms with Gasteiger partial charge < -0.3 is 44.1 Å². The summed E-state index contributed by atoms with van der Waals surface area (Å²) in [6.07, 6.45) is -1.63. The molecule has 3 aliphatic rings. The molecule has 0 bridgehead atoms. The Morgan fingerprint density at radius 3 is 1.65 bits per heavy atom. The third kappa shape index (κ3) is 15.5. The Hall–Kier alpha value is -6.57. The second-order valence-corrected chi connectivity index (χ2v) is 20.4. The molecule has 2 aromatic carbocycles. The molecule has 3 aliphatic heterocycles. The summed E-state index contributed by atoms with van der Waals surface area (Å²) >= 11 is 0. The van der Waals surface area contributed by atoms with Crippen molar-refractivity contribution in [3.05, 3.63) is 80.0 Å². The Kier molecular flexibility index (Phi) is 17.2. The molecule has 0 aliphatic carbocycles. The Bertz CT molecular complexity index is 2530. The predicted octanol–water partition coefficient (Wildman–Crippen LogP) is 4.08. The first kappa shape index (κ1) is 53.4. The van der Waals surface area contributed by atoms with Gasteiger partial charge in [-0.15, -0.1) is 0 Å². The first-order valence-corrected chi connectivity index (χ1v) is 23.3. The third-order valence-electron chi connectivity index (χ3n) is 11.2. The fraction of sp³-hybridized carbons (Fsp3) is 0.571. The van der Waals surface area contributed by atoms with Crippen LogP contribution < -0.4 is 21.9 Å². The second kappa shape index (κ2) is 22.2. The van der Waals surface area contributed by atoms with Crippen LogP contribution in [-0.4, -0.2) is 157 Å². The SMILES string of the molecule is Cc1cc2nc3c(=O)n(CC(=O)N[C@@H](Cc4ccccc4)C(=O)NCCN4CCN(C(=O)OC(C)(C)C)CCN(C(=O)OC(C)(C)C)CCN(C(=O)OC(C)(C)C)CC4)c(=O)nc-3n(C)c2cc1C. The molecule has 1 saturated heterocycles. The van der Waals surface area contributed by atoms with Crippen LogP contribution in [0.4, 0.5) is 14.4 Å². The lowest BCUT2D eigenvalue weighted by atomic mass is 10.1. The summed E-state index contributed by atoms with van der Waals surface area (Å²) < 4.78 is 19.5. The van der Waals surface area contributed by atoms with Crippen molar-refractivity contribution >= 4 is 41.1 Å². The topological polar surface area (TPSA) is 220 Å². The van der Waals surface area contributed by atoms with Crippen LogP contribution in [-0.2, 0) is 43.8 Å². The molecule has 0 unspecified atom stereocenters. The van der Waals surface area contributed by atoms with Crippen molar-refractivity contribution in [2.75, 3.05) is 65.4 Å². The molecule has 0 saturated carbocycles. The summed E-state index contributed by atoms with van der Waals surface area (Å²) in [6.45, 7) is 20.8. The molecule has 1 fully saturated rings. The number of hydrogen-bond acceptors (Lipinski definition) is 13. The number of ether oxygens (including phenoxy) is 3. The summed E-state index contributed by atoms with van der Waals surface area (Å²) in [5.41, 5.74) is -0.246. The molecule has 20 nitrogen and oxygen atoms in total. The molecule has 2 aromatic rings. The van der Waals surface area contributed by atoms with Crippen LogP contribution in [0.1, 0.15) is 79.0 Å². The van der Waals surface area contributed by atoms with Crippen molar-refractivity contribution in [1.29, 1.82) is 0 Å². The molecule has 2 N–H and O–H groups in total. The van der Waals surface area contributed by atoms with E-state index in [1.165, 1.54) is 14.7 Å². The number of hydrogen-bond donors (Lipinski definition) is 2. The summed E-state index contributed by atoms with van der Waals surface area (Å²) in [6, 6.07) is 11.7. The van der Waals surface area contributed by atoms with Gasteiger partial charge in [0.25, 0.3) is 5.56 Å². The highest BCUT2D eigenvalue weighted by molar-refractivity contribution is 5.88. The van der Waals surface area contributed by atoms with E-state index in [0.717, 1.165) is 16.7 Å². The van der Waals surface area contributed by atoms with Crippen LogP contribution in [0, 0.1) is 13.8 Å². The molecule has 0 radical (unpaired) electrons. The number of carbonyl (C=O) groups excluding carboxylic acids is 5. The zero-order valence-corrected chi connectivity index (χ0v) is 42.3. The normalized spacial score (nSPS) is 15.2. The monoisotopic (exact) mass is 959 g/mol. The molecule has 69 heavy (non-hydrogen) atoms. The number of aromatic nitrogens is 4. The fourth-order valence-corrected chi connectivity index (χ4v) is 7.47. The smallest absolute Gasteiger partial charge is 0.410 e. The van der Waals surface area contributed by atoms with Crippen molar-refractivity contribution in [2.45, 2.75) is 112 Å². The molecule has 5 amide bonds. The van der Waals surface area contributed by atoms with Gasteiger partial charge in [-0.25, -0.2) is 28.7 Å². The van der Waals surface area contributed by atoms with Gasteiger partial charge in [0, 0.05) is 78.9 Å². The minimum absolute atomic E-state index is 0.0767. The highest BCUT2D eigenvalue weighted by Crippen LogP contribution is 2.23. The molecule has 0 spiro atoms. The van der Waals surface area contributed by atoms with Crippen LogP contribution in [0.2, 0.25) is 0 Å². The van der Waals surface area contributed by atoms with E-state index in [-0.39, 0.29) is 70.3 Å². The Labute approximate surface area is 403 Å². The number of nitrogens with zero attached hydrogens (tertiary/aromatic N) is 8. The van der Waals surface area contributed by atoms with Crippen LogP contribution >= 0.6 is 0 Å². The Balaban J connectivity index is 1.35. The summed E-state index contributed by atoms with van der Waals surface area (Å²) in [7, 11) is 1.69. The zero-order chi connectivity index (χ0) is 51.0. The standard InChI is InChI=1S/C49H70N10O10/c1-32-28-35-37(29-33(32)2)54(12)40-39(52-35)42(62)59(43(63)53-40)31-38(60)51-36(30-34-16-14-13-15-17-34)41(61)50-18-19-55-20-22-56(44(64)67-47(3,4)5)24-26-58(46(66)69-49(9,10)11)27-25-57(23-21-55)45(65)68-48(6,7)8/h13-17,28-29,36H,18-27,30-31H2,1-12H3,(H,50,61)(H,51,60)/t36-/m0/s1. The molecular formula is C49H70N10O10. The van der Waals surface area contributed by atoms with E-state index in [1.807, 2.05) is 61.2 Å². The van der Waals surface area contributed by atoms with Crippen LogP contribution in [0.25, 0.3) is 22.6 Å². The average molecular weight is 959 g/mol. The average Bonchev–Trinajstić information content (AvgIpc) is 3.22. The third-order valence-corrected chi connectivity index (χ3v) is 11.2. The highest BCUT2D eigenvalue weighted by Gasteiger charge is 2.31. The number of rotatable bonds is 9. The lowest BCUT2D eigenvalue weighted by Crippen LogP contribution is -2.53. The number of amides is 5. The van der Waals surface area contributed by atoms with Gasteiger partial charge in [-0.2, -0.15) is 4.98 Å². The summed E-state index contributed by atoms with van der Waals surface area (Å²) in [5.74, 6) is -1.21. The highest BCUT2D eigenvalue weighted by atomic mass is 16.6. The summed E-state index contributed by atoms with van der Waals surface area (Å²) in [4.78, 5) is 111. The van der Waals surface area contributed by atoms with E-state index >= 15 is 0 Å². The molecule has 376 valence electrons. The van der Waals surface area contributed by atoms with Crippen molar-refractivity contribution in [1.82, 2.24) is 49.3 Å². The van der Waals surface area contributed by atoms with E-state index in [4.69, 9.17) is 14.2 Å². The van der Waals surface area contributed by atoms with Crippen molar-refractivity contribution < 1.29 is 38.2 Å². The number of nitrogens with one attached hydrogen (secondary N) is 2. The van der Waals surface area contributed by atoms with E-state index in [2.05, 4.69) is 20.6 Å². The number of fused-ring (bicyclic) bond motifs is 2. The lowest BCUT2D eigenvalue weighted by Gasteiger charge is -2.35. The zero-order valence-electron chi connectivity index (χ0n) is 42.3. The largest absolute Gasteiger partial charge is 0.444 e. The molecular weight excluding hydrogens is 889 g/mol. The van der Waals surface area contributed by atoms with E-state index in [9.17, 15) is 33.6 Å². The minimum Gasteiger partial charge on any atom is -0.444 e. The molecule has 1 atom stereocenters. The van der Waals surface area contributed by atoms with Crippen molar-refractivity contribution in [3.63, 3.8) is 0 Å². The lowest BCUT2D eigenvalue weighted by molar-refractivity contribution is -0.129. The second-order valence-electron chi connectivity index (χ2n) is 20.4. The molecule has 3 heterocycles. The number of benzene rings is 2. The first-order valence-electron chi connectivity index (χ1n) is 23.3. The van der Waals surface area contributed by atoms with E-state index in [0.29, 0.717) is 28.7 Å². The minimum atomic E-state index is -1.12. The Morgan fingerprint density at radius 1 is 0.681 bits per heavy atom. The van der Waals surface area contributed by atoms with E-state index < -0.39 is 70.7 Å². The predicted molar refractivity (Wildman–Crippen MR) is 260 cm³/mol. The van der Waals surface area contributed by atoms with Crippen molar-refractivity contribution in [2.24, 2.45) is 7.05 Å². The summed E-state index contributed by atoms with van der Waals surface area (Å²) in [5, 5.41) is 5.67. The molecule has 20 heteroatoms. The van der Waals surface area contributed by atoms with Crippen molar-refractivity contribution in [3.8, 4) is 11.5 Å². The van der Waals surface area contributed by atoms with Gasteiger partial charge in [-0.3, -0.25) is 19.3 Å². The first-order chi connectivity index (χ1) is 32.2. The quantitative estimate of drug-likeness (QED) is 0.179. The van der Waals surface area contributed by atoms with Crippen LogP contribution in [0.15, 0.2) is 52.1 Å². The maximum atomic E-state index is 14.0. The van der Waals surface area contributed by atoms with Crippen LogP contribution in [0.3, 0.4) is 0 Å². The van der Waals surface area contributed by atoms with Gasteiger partial charge in [0.1, 0.15) is 29.4 Å². The van der Waals surface area contributed by atoms with Gasteiger partial charge >= 0.3 is 24.0 Å². The number of aryl methyl sites for hydroxylation is 3. The van der Waals surface area contributed by atoms with Gasteiger partial charge in [0.2, 0.25) is 11.8 Å². The molecule has 5 rings (SSSR count).